The molecule has 0 N–H and O–H groups in total. The van der Waals surface area contributed by atoms with Gasteiger partial charge in [0.2, 0.25) is 10.0 Å². The average Bonchev–Trinajstić information content (AvgIpc) is 2.68. The zero-order valence-corrected chi connectivity index (χ0v) is 11.9. The minimum Gasteiger partial charge on any atom is -0.380 e. The van der Waals surface area contributed by atoms with Gasteiger partial charge in [-0.3, -0.25) is 0 Å². The summed E-state index contributed by atoms with van der Waals surface area (Å²) < 4.78 is 45.1. The van der Waals surface area contributed by atoms with Gasteiger partial charge in [-0.1, -0.05) is 6.07 Å². The normalized spacial score (nSPS) is 18.2. The number of sulfonamides is 1. The summed E-state index contributed by atoms with van der Waals surface area (Å²) in [5.41, 5.74) is 0.577. The van der Waals surface area contributed by atoms with Gasteiger partial charge in [-0.2, -0.15) is 4.31 Å². The van der Waals surface area contributed by atoms with E-state index in [1.54, 1.807) is 0 Å². The highest BCUT2D eigenvalue weighted by Crippen LogP contribution is 2.22. The monoisotopic (exact) mass is 307 g/mol. The largest absolute Gasteiger partial charge is 0.380 e. The van der Waals surface area contributed by atoms with Crippen LogP contribution in [-0.2, 0) is 20.6 Å². The summed E-state index contributed by atoms with van der Waals surface area (Å²) in [5, 5.41) is 0. The fraction of sp³-hybridized carbons (Fsp3) is 0.500. The minimum absolute atomic E-state index is 0.145. The van der Waals surface area contributed by atoms with Crippen molar-refractivity contribution in [3.63, 3.8) is 0 Å². The molecular weight excluding hydrogens is 293 g/mol. The first-order valence-electron chi connectivity index (χ1n) is 5.98. The molecule has 1 heterocycles. The summed E-state index contributed by atoms with van der Waals surface area (Å²) in [6.45, 7) is 1.44. The zero-order valence-electron chi connectivity index (χ0n) is 10.3. The first-order valence-corrected chi connectivity index (χ1v) is 7.95. The van der Waals surface area contributed by atoms with Crippen molar-refractivity contribution in [1.82, 2.24) is 4.31 Å². The molecule has 0 radical (unpaired) electrons. The molecule has 2 rings (SSSR count). The molecule has 4 nitrogen and oxygen atoms in total. The molecule has 0 saturated carbocycles. The molecule has 1 fully saturated rings. The van der Waals surface area contributed by atoms with E-state index in [9.17, 15) is 12.8 Å². The van der Waals surface area contributed by atoms with Crippen LogP contribution in [0, 0.1) is 5.82 Å². The minimum atomic E-state index is -3.83. The molecule has 1 aromatic rings. The Balaban J connectivity index is 2.37. The lowest BCUT2D eigenvalue weighted by Crippen LogP contribution is -2.33. The van der Waals surface area contributed by atoms with E-state index < -0.39 is 15.8 Å². The fourth-order valence-electron chi connectivity index (χ4n) is 1.93. The van der Waals surface area contributed by atoms with E-state index in [-0.39, 0.29) is 17.3 Å². The Labute approximate surface area is 117 Å². The quantitative estimate of drug-likeness (QED) is 0.802. The maximum absolute atomic E-state index is 13.8. The number of ether oxygens (including phenoxy) is 1. The maximum atomic E-state index is 13.8. The standard InChI is InChI=1S/C12H15ClFNO3S/c13-9-10-2-3-11(14)12(8-10)19(16,17)15-4-1-6-18-7-5-15/h2-3,8H,1,4-7,9H2. The van der Waals surface area contributed by atoms with E-state index >= 15 is 0 Å². The lowest BCUT2D eigenvalue weighted by molar-refractivity contribution is 0.148. The highest BCUT2D eigenvalue weighted by atomic mass is 35.5. The number of rotatable bonds is 3. The lowest BCUT2D eigenvalue weighted by atomic mass is 10.2. The van der Waals surface area contributed by atoms with Crippen LogP contribution in [-0.4, -0.2) is 39.0 Å². The van der Waals surface area contributed by atoms with Gasteiger partial charge in [0.15, 0.2) is 0 Å². The Hall–Kier alpha value is -0.690. The summed E-state index contributed by atoms with van der Waals surface area (Å²) >= 11 is 5.66. The molecule has 0 aromatic heterocycles. The van der Waals surface area contributed by atoms with Crippen LogP contribution in [0.3, 0.4) is 0 Å². The highest BCUT2D eigenvalue weighted by Gasteiger charge is 2.28. The molecule has 0 atom stereocenters. The second-order valence-corrected chi connectivity index (χ2v) is 6.44. The molecule has 7 heteroatoms. The third-order valence-electron chi connectivity index (χ3n) is 2.95. The Bertz CT molecular complexity index is 542. The molecular formula is C12H15ClFNO3S. The first-order chi connectivity index (χ1) is 9.05. The van der Waals surface area contributed by atoms with Gasteiger partial charge in [-0.05, 0) is 24.1 Å². The van der Waals surface area contributed by atoms with Crippen molar-refractivity contribution >= 4 is 21.6 Å². The van der Waals surface area contributed by atoms with Gasteiger partial charge < -0.3 is 4.74 Å². The van der Waals surface area contributed by atoms with Gasteiger partial charge in [0.25, 0.3) is 0 Å². The molecule has 1 aliphatic rings. The third kappa shape index (κ3) is 3.25. The van der Waals surface area contributed by atoms with Gasteiger partial charge in [0, 0.05) is 25.6 Å². The van der Waals surface area contributed by atoms with Crippen LogP contribution in [0.5, 0.6) is 0 Å². The Morgan fingerprint density at radius 1 is 1.32 bits per heavy atom. The van der Waals surface area contributed by atoms with Crippen LogP contribution in [0.1, 0.15) is 12.0 Å². The van der Waals surface area contributed by atoms with E-state index in [1.165, 1.54) is 16.4 Å². The van der Waals surface area contributed by atoms with Gasteiger partial charge >= 0.3 is 0 Å². The van der Waals surface area contributed by atoms with Crippen LogP contribution >= 0.6 is 11.6 Å². The van der Waals surface area contributed by atoms with Gasteiger partial charge in [0.05, 0.1) is 6.61 Å². The van der Waals surface area contributed by atoms with Crippen LogP contribution in [0.15, 0.2) is 23.1 Å². The molecule has 19 heavy (non-hydrogen) atoms. The van der Waals surface area contributed by atoms with Crippen molar-refractivity contribution in [2.45, 2.75) is 17.2 Å². The molecule has 0 bridgehead atoms. The van der Waals surface area contributed by atoms with Crippen molar-refractivity contribution in [1.29, 1.82) is 0 Å². The number of alkyl halides is 1. The average molecular weight is 308 g/mol. The van der Waals surface area contributed by atoms with Gasteiger partial charge in [0.1, 0.15) is 10.7 Å². The third-order valence-corrected chi connectivity index (χ3v) is 5.17. The summed E-state index contributed by atoms with van der Waals surface area (Å²) in [4.78, 5) is -0.312. The maximum Gasteiger partial charge on any atom is 0.246 e. The second-order valence-electron chi connectivity index (χ2n) is 4.27. The van der Waals surface area contributed by atoms with Crippen molar-refractivity contribution in [2.75, 3.05) is 26.3 Å². The van der Waals surface area contributed by atoms with Gasteiger partial charge in [-0.25, -0.2) is 12.8 Å². The summed E-state index contributed by atoms with van der Waals surface area (Å²) in [5.74, 6) is -0.606. The van der Waals surface area contributed by atoms with E-state index in [0.717, 1.165) is 6.07 Å². The number of nitrogens with zero attached hydrogens (tertiary/aromatic N) is 1. The molecule has 0 amide bonds. The number of benzene rings is 1. The van der Waals surface area contributed by atoms with Crippen LogP contribution in [0.25, 0.3) is 0 Å². The number of hydrogen-bond donors (Lipinski definition) is 0. The Kier molecular flexibility index (Phi) is 4.78. The molecule has 0 unspecified atom stereocenters. The number of hydrogen-bond acceptors (Lipinski definition) is 3. The van der Waals surface area contributed by atoms with E-state index in [0.29, 0.717) is 31.7 Å². The Morgan fingerprint density at radius 2 is 2.11 bits per heavy atom. The van der Waals surface area contributed by atoms with Crippen LogP contribution in [0.4, 0.5) is 4.39 Å². The van der Waals surface area contributed by atoms with Crippen LogP contribution in [0.2, 0.25) is 0 Å². The molecule has 1 aromatic carbocycles. The van der Waals surface area contributed by atoms with Crippen molar-refractivity contribution < 1.29 is 17.5 Å². The second kappa shape index (κ2) is 6.17. The first kappa shape index (κ1) is 14.7. The van der Waals surface area contributed by atoms with Crippen molar-refractivity contribution in [2.24, 2.45) is 0 Å². The van der Waals surface area contributed by atoms with E-state index in [2.05, 4.69) is 0 Å². The van der Waals surface area contributed by atoms with Gasteiger partial charge in [-0.15, -0.1) is 11.6 Å². The number of halogens is 2. The highest BCUT2D eigenvalue weighted by molar-refractivity contribution is 7.89. The molecule has 106 valence electrons. The smallest absolute Gasteiger partial charge is 0.246 e. The molecule has 0 spiro atoms. The van der Waals surface area contributed by atoms with E-state index in [1.807, 2.05) is 0 Å². The van der Waals surface area contributed by atoms with Crippen LogP contribution < -0.4 is 0 Å². The molecule has 1 saturated heterocycles. The van der Waals surface area contributed by atoms with E-state index in [4.69, 9.17) is 16.3 Å². The lowest BCUT2D eigenvalue weighted by Gasteiger charge is -2.19. The van der Waals surface area contributed by atoms with Crippen molar-refractivity contribution in [3.05, 3.63) is 29.6 Å². The summed E-state index contributed by atoms with van der Waals surface area (Å²) in [7, 11) is -3.83. The zero-order chi connectivity index (χ0) is 13.9. The predicted octanol–water partition coefficient (Wildman–Crippen LogP) is 1.98. The topological polar surface area (TPSA) is 46.6 Å². The fourth-order valence-corrected chi connectivity index (χ4v) is 3.67. The summed E-state index contributed by atoms with van der Waals surface area (Å²) in [6.07, 6.45) is 0.607. The van der Waals surface area contributed by atoms with Crippen molar-refractivity contribution in [3.8, 4) is 0 Å². The summed E-state index contributed by atoms with van der Waals surface area (Å²) in [6, 6.07) is 3.91. The molecule has 1 aliphatic heterocycles. The molecule has 0 aliphatic carbocycles. The Morgan fingerprint density at radius 3 is 2.84 bits per heavy atom. The predicted molar refractivity (Wildman–Crippen MR) is 70.2 cm³/mol. The SMILES string of the molecule is O=S(=O)(c1cc(CCl)ccc1F)N1CCCOCC1.